The Hall–Kier alpha value is -2.93. The number of fused-ring (bicyclic) bond motifs is 1. The van der Waals surface area contributed by atoms with Crippen LogP contribution in [0.1, 0.15) is 20.7 Å². The lowest BCUT2D eigenvalue weighted by Crippen LogP contribution is -2.21. The lowest BCUT2D eigenvalue weighted by molar-refractivity contribution is 0.0989. The molecule has 0 aliphatic rings. The minimum absolute atomic E-state index is 0.101. The molecule has 0 spiro atoms. The molecular weight excluding hydrogens is 374 g/mol. The molecule has 2 amide bonds. The molecule has 7 heteroatoms. The van der Waals surface area contributed by atoms with Crippen LogP contribution in [0.2, 0.25) is 0 Å². The summed E-state index contributed by atoms with van der Waals surface area (Å²) < 4.78 is 6.56. The standard InChI is InChI=1S/C17H12BrN3O3/c18-11-3-6-14-10(7-11)8-13(16(20)23)17(24-14)21-12-4-1-9(2-5-12)15(19)22/h1-8H,(H2,19,22)(H2,20,23). The maximum Gasteiger partial charge on any atom is 0.254 e. The highest BCUT2D eigenvalue weighted by molar-refractivity contribution is 9.10. The Kier molecular flexibility index (Phi) is 4.18. The van der Waals surface area contributed by atoms with Crippen LogP contribution in [-0.4, -0.2) is 11.8 Å². The smallest absolute Gasteiger partial charge is 0.254 e. The van der Waals surface area contributed by atoms with Gasteiger partial charge in [-0.15, -0.1) is 0 Å². The Morgan fingerprint density at radius 3 is 2.29 bits per heavy atom. The van der Waals surface area contributed by atoms with Crippen molar-refractivity contribution in [2.45, 2.75) is 0 Å². The van der Waals surface area contributed by atoms with Gasteiger partial charge in [0.05, 0.1) is 5.69 Å². The summed E-state index contributed by atoms with van der Waals surface area (Å²) in [7, 11) is 0. The molecule has 3 aromatic rings. The molecule has 24 heavy (non-hydrogen) atoms. The number of amides is 2. The first-order chi connectivity index (χ1) is 11.4. The summed E-state index contributed by atoms with van der Waals surface area (Å²) in [5, 5.41) is 0.723. The lowest BCUT2D eigenvalue weighted by atomic mass is 10.1. The summed E-state index contributed by atoms with van der Waals surface area (Å²) >= 11 is 3.37. The van der Waals surface area contributed by atoms with Crippen molar-refractivity contribution < 1.29 is 14.0 Å². The van der Waals surface area contributed by atoms with Crippen LogP contribution < -0.4 is 17.0 Å². The molecular formula is C17H12BrN3O3. The highest BCUT2D eigenvalue weighted by Gasteiger charge is 2.10. The third kappa shape index (κ3) is 3.21. The van der Waals surface area contributed by atoms with Gasteiger partial charge in [0.25, 0.3) is 5.91 Å². The summed E-state index contributed by atoms with van der Waals surface area (Å²) in [4.78, 5) is 27.1. The minimum atomic E-state index is -0.645. The zero-order chi connectivity index (χ0) is 17.3. The molecule has 0 bridgehead atoms. The molecule has 0 fully saturated rings. The fourth-order valence-electron chi connectivity index (χ4n) is 2.18. The number of nitrogens with zero attached hydrogens (tertiary/aromatic N) is 1. The van der Waals surface area contributed by atoms with Crippen LogP contribution in [0.5, 0.6) is 0 Å². The number of rotatable bonds is 3. The molecule has 0 aliphatic heterocycles. The third-order valence-electron chi connectivity index (χ3n) is 3.36. The second kappa shape index (κ2) is 6.29. The van der Waals surface area contributed by atoms with Crippen molar-refractivity contribution in [1.29, 1.82) is 0 Å². The van der Waals surface area contributed by atoms with E-state index in [1.54, 1.807) is 36.4 Å². The van der Waals surface area contributed by atoms with Crippen molar-refractivity contribution in [2.75, 3.05) is 0 Å². The summed E-state index contributed by atoms with van der Waals surface area (Å²) in [5.41, 5.74) is 12.3. The van der Waals surface area contributed by atoms with E-state index in [2.05, 4.69) is 20.9 Å². The van der Waals surface area contributed by atoms with Crippen LogP contribution in [0, 0.1) is 0 Å². The normalized spacial score (nSPS) is 11.6. The SMILES string of the molecule is NC(=O)c1ccc(N=c2oc3ccc(Br)cc3cc2C(N)=O)cc1. The highest BCUT2D eigenvalue weighted by atomic mass is 79.9. The average Bonchev–Trinajstić information content (AvgIpc) is 2.54. The molecule has 6 nitrogen and oxygen atoms in total. The van der Waals surface area contributed by atoms with Gasteiger partial charge in [-0.3, -0.25) is 9.59 Å². The average molecular weight is 386 g/mol. The monoisotopic (exact) mass is 385 g/mol. The topological polar surface area (TPSA) is 112 Å². The summed E-state index contributed by atoms with van der Waals surface area (Å²) in [6.07, 6.45) is 0. The van der Waals surface area contributed by atoms with E-state index in [1.807, 2.05) is 12.1 Å². The summed E-state index contributed by atoms with van der Waals surface area (Å²) in [6, 6.07) is 13.3. The number of carbonyl (C=O) groups excluding carboxylic acids is 2. The number of hydrogen-bond donors (Lipinski definition) is 2. The zero-order valence-electron chi connectivity index (χ0n) is 12.3. The molecule has 0 radical (unpaired) electrons. The van der Waals surface area contributed by atoms with E-state index in [1.165, 1.54) is 0 Å². The van der Waals surface area contributed by atoms with E-state index in [4.69, 9.17) is 15.9 Å². The molecule has 0 unspecified atom stereocenters. The summed E-state index contributed by atoms with van der Waals surface area (Å²) in [6.45, 7) is 0. The predicted octanol–water partition coefficient (Wildman–Crippen LogP) is 2.63. The Bertz CT molecular complexity index is 1020. The first-order valence-corrected chi connectivity index (χ1v) is 7.71. The van der Waals surface area contributed by atoms with Crippen LogP contribution in [0.4, 0.5) is 5.69 Å². The van der Waals surface area contributed by atoms with Gasteiger partial charge in [-0.2, -0.15) is 0 Å². The first kappa shape index (κ1) is 15.9. The van der Waals surface area contributed by atoms with E-state index in [-0.39, 0.29) is 11.1 Å². The van der Waals surface area contributed by atoms with E-state index >= 15 is 0 Å². The second-order valence-corrected chi connectivity index (χ2v) is 5.95. The Labute approximate surface area is 144 Å². The van der Waals surface area contributed by atoms with Gasteiger partial charge in [-0.05, 0) is 48.5 Å². The molecule has 1 heterocycles. The quantitative estimate of drug-likeness (QED) is 0.722. The van der Waals surface area contributed by atoms with Gasteiger partial charge in [0.15, 0.2) is 0 Å². The van der Waals surface area contributed by atoms with E-state index in [0.29, 0.717) is 16.8 Å². The molecule has 0 atom stereocenters. The van der Waals surface area contributed by atoms with Crippen molar-refractivity contribution >= 4 is 44.4 Å². The first-order valence-electron chi connectivity index (χ1n) is 6.92. The van der Waals surface area contributed by atoms with Crippen molar-refractivity contribution in [3.8, 4) is 0 Å². The number of benzene rings is 2. The minimum Gasteiger partial charge on any atom is -0.438 e. The zero-order valence-corrected chi connectivity index (χ0v) is 13.9. The highest BCUT2D eigenvalue weighted by Crippen LogP contribution is 2.20. The fourth-order valence-corrected chi connectivity index (χ4v) is 2.56. The second-order valence-electron chi connectivity index (χ2n) is 5.03. The molecule has 2 aromatic carbocycles. The number of halogens is 1. The molecule has 0 aliphatic carbocycles. The van der Waals surface area contributed by atoms with Gasteiger partial charge < -0.3 is 15.9 Å². The maximum absolute atomic E-state index is 11.7. The van der Waals surface area contributed by atoms with Crippen LogP contribution in [0.25, 0.3) is 11.0 Å². The number of carbonyl (C=O) groups is 2. The molecule has 3 rings (SSSR count). The fraction of sp³-hybridized carbons (Fsp3) is 0. The van der Waals surface area contributed by atoms with Crippen LogP contribution >= 0.6 is 15.9 Å². The van der Waals surface area contributed by atoms with Gasteiger partial charge in [0.2, 0.25) is 11.5 Å². The van der Waals surface area contributed by atoms with Gasteiger partial charge >= 0.3 is 0 Å². The number of hydrogen-bond acceptors (Lipinski definition) is 4. The maximum atomic E-state index is 11.7. The van der Waals surface area contributed by atoms with Gasteiger partial charge in [0.1, 0.15) is 11.1 Å². The number of nitrogens with two attached hydrogens (primary N) is 2. The largest absolute Gasteiger partial charge is 0.438 e. The van der Waals surface area contributed by atoms with Gasteiger partial charge in [-0.25, -0.2) is 4.99 Å². The van der Waals surface area contributed by atoms with Crippen LogP contribution in [0.15, 0.2) is 62.4 Å². The van der Waals surface area contributed by atoms with E-state index in [9.17, 15) is 9.59 Å². The lowest BCUT2D eigenvalue weighted by Gasteiger charge is -2.03. The summed E-state index contributed by atoms with van der Waals surface area (Å²) in [5.74, 6) is -1.17. The van der Waals surface area contributed by atoms with Crippen molar-refractivity contribution in [2.24, 2.45) is 16.5 Å². The number of primary amides is 2. The Balaban J connectivity index is 2.19. The Morgan fingerprint density at radius 2 is 1.67 bits per heavy atom. The molecule has 4 N–H and O–H groups in total. The molecule has 120 valence electrons. The van der Waals surface area contributed by atoms with Gasteiger partial charge in [-0.1, -0.05) is 15.9 Å². The van der Waals surface area contributed by atoms with Crippen LogP contribution in [-0.2, 0) is 0 Å². The molecule has 0 saturated carbocycles. The van der Waals surface area contributed by atoms with Crippen molar-refractivity contribution in [3.05, 3.63) is 69.7 Å². The third-order valence-corrected chi connectivity index (χ3v) is 3.85. The van der Waals surface area contributed by atoms with E-state index < -0.39 is 11.8 Å². The predicted molar refractivity (Wildman–Crippen MR) is 92.6 cm³/mol. The molecule has 0 saturated heterocycles. The van der Waals surface area contributed by atoms with Crippen LogP contribution in [0.3, 0.4) is 0 Å². The van der Waals surface area contributed by atoms with E-state index in [0.717, 1.165) is 9.86 Å². The molecule has 1 aromatic heterocycles. The van der Waals surface area contributed by atoms with Crippen molar-refractivity contribution in [1.82, 2.24) is 0 Å². The van der Waals surface area contributed by atoms with Crippen molar-refractivity contribution in [3.63, 3.8) is 0 Å². The Morgan fingerprint density at radius 1 is 0.958 bits per heavy atom. The van der Waals surface area contributed by atoms with Gasteiger partial charge in [0, 0.05) is 15.4 Å².